The Bertz CT molecular complexity index is 572. The normalized spacial score (nSPS) is 14.5. The van der Waals surface area contributed by atoms with Gasteiger partial charge in [-0.3, -0.25) is 4.79 Å². The number of carbonyl (C=O) groups is 1. The summed E-state index contributed by atoms with van der Waals surface area (Å²) in [6, 6.07) is 9.86. The van der Waals surface area contributed by atoms with Crippen molar-refractivity contribution in [3.8, 4) is 0 Å². The third kappa shape index (κ3) is 1.14. The lowest BCUT2D eigenvalue weighted by molar-refractivity contribution is 0.0982. The maximum Gasteiger partial charge on any atom is 0.163 e. The van der Waals surface area contributed by atoms with Crippen LogP contribution in [0.1, 0.15) is 22.3 Å². The second kappa shape index (κ2) is 2.83. The van der Waals surface area contributed by atoms with Gasteiger partial charge in [0.2, 0.25) is 0 Å². The van der Waals surface area contributed by atoms with Crippen molar-refractivity contribution < 1.29 is 4.79 Å². The third-order valence-electron chi connectivity index (χ3n) is 3.01. The topological polar surface area (TPSA) is 43.1 Å². The Balaban J connectivity index is 2.52. The molecule has 2 aromatic carbocycles. The Morgan fingerprint density at radius 2 is 2.00 bits per heavy atom. The van der Waals surface area contributed by atoms with Crippen molar-refractivity contribution in [2.45, 2.75) is 12.8 Å². The average Bonchev–Trinajstić information content (AvgIpc) is 2.23. The molecule has 0 unspecified atom stereocenters. The number of nitrogens with two attached hydrogens (primary N) is 1. The van der Waals surface area contributed by atoms with Crippen LogP contribution in [0.15, 0.2) is 30.3 Å². The number of ketones is 1. The van der Waals surface area contributed by atoms with E-state index in [4.69, 9.17) is 5.73 Å². The first-order valence-corrected chi connectivity index (χ1v) is 5.10. The van der Waals surface area contributed by atoms with Crippen molar-refractivity contribution in [2.75, 3.05) is 5.73 Å². The summed E-state index contributed by atoms with van der Waals surface area (Å²) < 4.78 is 0. The quantitative estimate of drug-likeness (QED) is 0.659. The highest BCUT2D eigenvalue weighted by Crippen LogP contribution is 2.31. The molecule has 1 aliphatic rings. The van der Waals surface area contributed by atoms with Crippen molar-refractivity contribution in [3.05, 3.63) is 41.5 Å². The van der Waals surface area contributed by atoms with Crippen molar-refractivity contribution >= 4 is 22.2 Å². The summed E-state index contributed by atoms with van der Waals surface area (Å²) in [7, 11) is 0. The van der Waals surface area contributed by atoms with Gasteiger partial charge in [-0.1, -0.05) is 18.2 Å². The predicted molar refractivity (Wildman–Crippen MR) is 61.0 cm³/mol. The monoisotopic (exact) mass is 197 g/mol. The number of nitrogen functional groups attached to an aromatic ring is 1. The fraction of sp³-hybridized carbons (Fsp3) is 0.154. The first kappa shape index (κ1) is 8.48. The minimum atomic E-state index is 0.214. The summed E-state index contributed by atoms with van der Waals surface area (Å²) in [5.74, 6) is 0.214. The van der Waals surface area contributed by atoms with E-state index in [1.54, 1.807) is 6.07 Å². The van der Waals surface area contributed by atoms with Crippen LogP contribution < -0.4 is 5.73 Å². The lowest BCUT2D eigenvalue weighted by atomic mass is 9.87. The van der Waals surface area contributed by atoms with Gasteiger partial charge < -0.3 is 5.73 Å². The van der Waals surface area contributed by atoms with E-state index >= 15 is 0 Å². The van der Waals surface area contributed by atoms with Gasteiger partial charge in [0.1, 0.15) is 0 Å². The molecule has 0 fully saturated rings. The Morgan fingerprint density at radius 1 is 1.13 bits per heavy atom. The smallest absolute Gasteiger partial charge is 0.163 e. The van der Waals surface area contributed by atoms with Gasteiger partial charge in [-0.15, -0.1) is 0 Å². The standard InChI is InChI=1S/C13H11NO/c14-10-6-9-3-1-2-8-4-5-12(15)11(7-10)13(8)9/h1-3,6-7H,4-5,14H2. The Kier molecular flexibility index (Phi) is 1.60. The van der Waals surface area contributed by atoms with Crippen LogP contribution in [0.25, 0.3) is 10.8 Å². The zero-order chi connectivity index (χ0) is 10.4. The lowest BCUT2D eigenvalue weighted by Crippen LogP contribution is -2.09. The first-order valence-electron chi connectivity index (χ1n) is 5.10. The van der Waals surface area contributed by atoms with Crippen molar-refractivity contribution in [3.63, 3.8) is 0 Å². The number of hydrogen-bond donors (Lipinski definition) is 1. The number of benzene rings is 2. The van der Waals surface area contributed by atoms with Crippen LogP contribution >= 0.6 is 0 Å². The highest BCUT2D eigenvalue weighted by Gasteiger charge is 2.18. The molecule has 0 aromatic heterocycles. The summed E-state index contributed by atoms with van der Waals surface area (Å²) in [5.41, 5.74) is 8.52. The van der Waals surface area contributed by atoms with Crippen LogP contribution in [-0.4, -0.2) is 5.78 Å². The van der Waals surface area contributed by atoms with Gasteiger partial charge in [0, 0.05) is 17.7 Å². The fourth-order valence-electron chi connectivity index (χ4n) is 2.34. The zero-order valence-corrected chi connectivity index (χ0v) is 8.29. The molecule has 0 atom stereocenters. The van der Waals surface area contributed by atoms with Crippen LogP contribution in [0.3, 0.4) is 0 Å². The van der Waals surface area contributed by atoms with E-state index in [0.29, 0.717) is 12.1 Å². The molecule has 74 valence electrons. The summed E-state index contributed by atoms with van der Waals surface area (Å²) >= 11 is 0. The van der Waals surface area contributed by atoms with Crippen LogP contribution in [0.5, 0.6) is 0 Å². The predicted octanol–water partition coefficient (Wildman–Crippen LogP) is 2.55. The van der Waals surface area contributed by atoms with Gasteiger partial charge >= 0.3 is 0 Å². The highest BCUT2D eigenvalue weighted by molar-refractivity contribution is 6.12. The van der Waals surface area contributed by atoms with Crippen molar-refractivity contribution in [2.24, 2.45) is 0 Å². The Morgan fingerprint density at radius 3 is 2.87 bits per heavy atom. The Hall–Kier alpha value is -1.83. The van der Waals surface area contributed by atoms with E-state index in [1.165, 1.54) is 5.56 Å². The minimum absolute atomic E-state index is 0.214. The highest BCUT2D eigenvalue weighted by atomic mass is 16.1. The van der Waals surface area contributed by atoms with Crippen LogP contribution in [0.2, 0.25) is 0 Å². The van der Waals surface area contributed by atoms with E-state index in [0.717, 1.165) is 22.8 Å². The van der Waals surface area contributed by atoms with Gasteiger partial charge in [-0.2, -0.15) is 0 Å². The number of carbonyl (C=O) groups excluding carboxylic acids is 1. The number of Topliss-reactive ketones (excluding diaryl/α,β-unsaturated/α-hetero) is 1. The van der Waals surface area contributed by atoms with E-state index < -0.39 is 0 Å². The van der Waals surface area contributed by atoms with Crippen LogP contribution in [-0.2, 0) is 6.42 Å². The summed E-state index contributed by atoms with van der Waals surface area (Å²) in [5, 5.41) is 2.18. The number of anilines is 1. The molecule has 3 rings (SSSR count). The minimum Gasteiger partial charge on any atom is -0.399 e. The molecular formula is C13H11NO. The number of hydrogen-bond acceptors (Lipinski definition) is 2. The molecule has 0 saturated heterocycles. The van der Waals surface area contributed by atoms with Crippen LogP contribution in [0.4, 0.5) is 5.69 Å². The second-order valence-electron chi connectivity index (χ2n) is 4.01. The third-order valence-corrected chi connectivity index (χ3v) is 3.01. The van der Waals surface area contributed by atoms with E-state index in [2.05, 4.69) is 6.07 Å². The van der Waals surface area contributed by atoms with Gasteiger partial charge in [-0.05, 0) is 34.9 Å². The molecule has 2 aromatic rings. The molecular weight excluding hydrogens is 186 g/mol. The molecule has 2 heteroatoms. The molecule has 0 saturated carbocycles. The summed E-state index contributed by atoms with van der Waals surface area (Å²) in [4.78, 5) is 11.8. The van der Waals surface area contributed by atoms with Gasteiger partial charge in [0.25, 0.3) is 0 Å². The van der Waals surface area contributed by atoms with Gasteiger partial charge in [-0.25, -0.2) is 0 Å². The zero-order valence-electron chi connectivity index (χ0n) is 8.29. The van der Waals surface area contributed by atoms with Gasteiger partial charge in [0.15, 0.2) is 5.78 Å². The summed E-state index contributed by atoms with van der Waals surface area (Å²) in [6.45, 7) is 0. The van der Waals surface area contributed by atoms with Crippen molar-refractivity contribution in [1.82, 2.24) is 0 Å². The molecule has 2 N–H and O–H groups in total. The molecule has 2 nitrogen and oxygen atoms in total. The van der Waals surface area contributed by atoms with E-state index in [9.17, 15) is 4.79 Å². The van der Waals surface area contributed by atoms with E-state index in [1.807, 2.05) is 18.2 Å². The lowest BCUT2D eigenvalue weighted by Gasteiger charge is -2.16. The maximum absolute atomic E-state index is 11.8. The Labute approximate surface area is 87.7 Å². The molecule has 1 aliphatic carbocycles. The van der Waals surface area contributed by atoms with Gasteiger partial charge in [0.05, 0.1) is 0 Å². The molecule has 0 spiro atoms. The molecule has 0 aliphatic heterocycles. The molecule has 15 heavy (non-hydrogen) atoms. The van der Waals surface area contributed by atoms with Crippen LogP contribution in [0, 0.1) is 0 Å². The molecule has 0 radical (unpaired) electrons. The number of aryl methyl sites for hydroxylation is 1. The summed E-state index contributed by atoms with van der Waals surface area (Å²) in [6.07, 6.45) is 1.46. The average molecular weight is 197 g/mol. The van der Waals surface area contributed by atoms with Crippen molar-refractivity contribution in [1.29, 1.82) is 0 Å². The first-order chi connectivity index (χ1) is 7.25. The number of rotatable bonds is 0. The largest absolute Gasteiger partial charge is 0.399 e. The molecule has 0 heterocycles. The van der Waals surface area contributed by atoms with E-state index in [-0.39, 0.29) is 5.78 Å². The molecule has 0 bridgehead atoms. The molecule has 0 amide bonds. The maximum atomic E-state index is 11.8. The fourth-order valence-corrected chi connectivity index (χ4v) is 2.34. The SMILES string of the molecule is Nc1cc2c3c(cccc3c1)CCC2=O. The second-order valence-corrected chi connectivity index (χ2v) is 4.01.